The van der Waals surface area contributed by atoms with Gasteiger partial charge in [-0.2, -0.15) is 0 Å². The van der Waals surface area contributed by atoms with Crippen LogP contribution in [0.4, 0.5) is 0 Å². The van der Waals surface area contributed by atoms with Crippen molar-refractivity contribution in [2.45, 2.75) is 58.0 Å². The summed E-state index contributed by atoms with van der Waals surface area (Å²) in [7, 11) is 0. The zero-order valence-corrected chi connectivity index (χ0v) is 9.95. The summed E-state index contributed by atoms with van der Waals surface area (Å²) in [6, 6.07) is 0. The first-order valence-corrected chi connectivity index (χ1v) is 6.18. The zero-order chi connectivity index (χ0) is 11.4. The van der Waals surface area contributed by atoms with E-state index in [9.17, 15) is 0 Å². The molecule has 0 saturated heterocycles. The topological polar surface area (TPSA) is 49.7 Å². The highest BCUT2D eigenvalue weighted by molar-refractivity contribution is 4.61. The van der Waals surface area contributed by atoms with Gasteiger partial charge in [-0.25, -0.2) is 0 Å². The molecule has 3 nitrogen and oxygen atoms in total. The summed E-state index contributed by atoms with van der Waals surface area (Å²) in [6.07, 6.45) is 8.18. The third kappa shape index (κ3) is 11.8. The lowest BCUT2D eigenvalue weighted by Crippen LogP contribution is -2.09. The van der Waals surface area contributed by atoms with Crippen molar-refractivity contribution in [1.82, 2.24) is 0 Å². The first kappa shape index (κ1) is 14.9. The molecule has 0 radical (unpaired) electrons. The molecule has 2 N–H and O–H groups in total. The lowest BCUT2D eigenvalue weighted by Gasteiger charge is -2.14. The van der Waals surface area contributed by atoms with E-state index in [1.54, 1.807) is 0 Å². The Morgan fingerprint density at radius 1 is 1.13 bits per heavy atom. The molecule has 0 atom stereocenters. The van der Waals surface area contributed by atoms with Crippen molar-refractivity contribution in [2.24, 2.45) is 0 Å². The van der Waals surface area contributed by atoms with Gasteiger partial charge in [-0.05, 0) is 19.3 Å². The van der Waals surface area contributed by atoms with Gasteiger partial charge in [0, 0.05) is 6.61 Å². The molecule has 0 heterocycles. The predicted octanol–water partition coefficient (Wildman–Crippen LogP) is 2.11. The van der Waals surface area contributed by atoms with E-state index in [0.29, 0.717) is 6.61 Å². The molecule has 1 saturated carbocycles. The summed E-state index contributed by atoms with van der Waals surface area (Å²) >= 11 is 0. The fourth-order valence-electron chi connectivity index (χ4n) is 1.49. The molecular weight excluding hydrogens is 192 g/mol. The Balaban J connectivity index is 0.000000262. The highest BCUT2D eigenvalue weighted by Crippen LogP contribution is 2.16. The molecule has 0 aromatic heterocycles. The lowest BCUT2D eigenvalue weighted by atomic mass is 9.98. The second-order valence-corrected chi connectivity index (χ2v) is 3.98. The highest BCUT2D eigenvalue weighted by Gasteiger charge is 2.07. The summed E-state index contributed by atoms with van der Waals surface area (Å²) in [4.78, 5) is 0. The van der Waals surface area contributed by atoms with Gasteiger partial charge in [0.05, 0.1) is 19.3 Å². The van der Waals surface area contributed by atoms with Crippen LogP contribution in [-0.2, 0) is 4.74 Å². The molecule has 0 aliphatic heterocycles. The summed E-state index contributed by atoms with van der Waals surface area (Å²) in [5, 5.41) is 17.1. The van der Waals surface area contributed by atoms with Crippen molar-refractivity contribution in [2.75, 3.05) is 19.8 Å². The Bertz CT molecular complexity index is 105. The average molecular weight is 218 g/mol. The molecule has 1 aliphatic carbocycles. The van der Waals surface area contributed by atoms with Gasteiger partial charge in [-0.3, -0.25) is 0 Å². The highest BCUT2D eigenvalue weighted by atomic mass is 16.5. The molecule has 3 heteroatoms. The van der Waals surface area contributed by atoms with Crippen molar-refractivity contribution in [1.29, 1.82) is 0 Å². The number of ether oxygens (including phenoxy) is 1. The van der Waals surface area contributed by atoms with Crippen molar-refractivity contribution < 1.29 is 14.9 Å². The van der Waals surface area contributed by atoms with Gasteiger partial charge in [-0.1, -0.05) is 32.6 Å². The first-order valence-electron chi connectivity index (χ1n) is 6.18. The van der Waals surface area contributed by atoms with Crippen LogP contribution in [0.2, 0.25) is 0 Å². The van der Waals surface area contributed by atoms with E-state index in [4.69, 9.17) is 14.9 Å². The Morgan fingerprint density at radius 3 is 2.20 bits per heavy atom. The third-order valence-corrected chi connectivity index (χ3v) is 2.45. The lowest BCUT2D eigenvalue weighted by molar-refractivity contribution is 0.0904. The molecule has 0 bridgehead atoms. The molecule has 0 aromatic rings. The Labute approximate surface area is 93.5 Å². The predicted molar refractivity (Wildman–Crippen MR) is 61.9 cm³/mol. The monoisotopic (exact) mass is 218 g/mol. The van der Waals surface area contributed by atoms with Crippen LogP contribution < -0.4 is 0 Å². The molecule has 0 amide bonds. The van der Waals surface area contributed by atoms with Crippen LogP contribution in [0.5, 0.6) is 0 Å². The molecule has 1 aliphatic rings. The fourth-order valence-corrected chi connectivity index (χ4v) is 1.49. The summed E-state index contributed by atoms with van der Waals surface area (Å²) in [6.45, 7) is 3.53. The number of aliphatic hydroxyl groups excluding tert-OH is 2. The second kappa shape index (κ2) is 12.0. The van der Waals surface area contributed by atoms with Crippen LogP contribution in [0.25, 0.3) is 0 Å². The van der Waals surface area contributed by atoms with E-state index in [1.165, 1.54) is 19.3 Å². The summed E-state index contributed by atoms with van der Waals surface area (Å²) in [5.74, 6) is 0. The van der Waals surface area contributed by atoms with Crippen molar-refractivity contribution in [3.8, 4) is 0 Å². The molecule has 0 aromatic carbocycles. The van der Waals surface area contributed by atoms with Gasteiger partial charge < -0.3 is 14.9 Å². The zero-order valence-electron chi connectivity index (χ0n) is 9.95. The van der Waals surface area contributed by atoms with Gasteiger partial charge in [0.1, 0.15) is 0 Å². The Morgan fingerprint density at radius 2 is 1.80 bits per heavy atom. The van der Waals surface area contributed by atoms with Gasteiger partial charge in [0.2, 0.25) is 0 Å². The van der Waals surface area contributed by atoms with E-state index >= 15 is 0 Å². The molecule has 0 spiro atoms. The van der Waals surface area contributed by atoms with Crippen molar-refractivity contribution >= 4 is 0 Å². The van der Waals surface area contributed by atoms with Crippen LogP contribution >= 0.6 is 0 Å². The molecule has 1 rings (SSSR count). The normalized spacial score (nSPS) is 17.0. The van der Waals surface area contributed by atoms with E-state index in [1.807, 2.05) is 0 Å². The quantitative estimate of drug-likeness (QED) is 0.695. The minimum absolute atomic E-state index is 0.0359. The Kier molecular flexibility index (Phi) is 11.9. The minimum Gasteiger partial charge on any atom is -0.394 e. The fraction of sp³-hybridized carbons (Fsp3) is 1.00. The number of unbranched alkanes of at least 4 members (excludes halogenated alkanes) is 1. The molecule has 15 heavy (non-hydrogen) atoms. The number of aliphatic hydroxyl groups is 2. The van der Waals surface area contributed by atoms with E-state index < -0.39 is 0 Å². The number of hydrogen-bond acceptors (Lipinski definition) is 3. The molecule has 92 valence electrons. The SMILES string of the molecule is CCCCOCCO.OC1CCCCC1. The number of hydrogen-bond donors (Lipinski definition) is 2. The molecule has 1 fully saturated rings. The van der Waals surface area contributed by atoms with Crippen LogP contribution in [0.1, 0.15) is 51.9 Å². The molecular formula is C12H26O3. The van der Waals surface area contributed by atoms with E-state index in [-0.39, 0.29) is 12.7 Å². The van der Waals surface area contributed by atoms with Gasteiger partial charge in [0.15, 0.2) is 0 Å². The van der Waals surface area contributed by atoms with Crippen molar-refractivity contribution in [3.63, 3.8) is 0 Å². The van der Waals surface area contributed by atoms with Crippen molar-refractivity contribution in [3.05, 3.63) is 0 Å². The van der Waals surface area contributed by atoms with E-state index in [0.717, 1.165) is 32.3 Å². The van der Waals surface area contributed by atoms with Crippen LogP contribution in [0.3, 0.4) is 0 Å². The van der Waals surface area contributed by atoms with Gasteiger partial charge in [-0.15, -0.1) is 0 Å². The van der Waals surface area contributed by atoms with E-state index in [2.05, 4.69) is 6.92 Å². The minimum atomic E-state index is 0.0359. The largest absolute Gasteiger partial charge is 0.394 e. The average Bonchev–Trinajstić information content (AvgIpc) is 2.27. The standard InChI is InChI=1S/C6H14O2.C6H12O/c1-2-3-5-8-6-4-7;7-6-4-2-1-3-5-6/h7H,2-6H2,1H3;6-7H,1-5H2. The van der Waals surface area contributed by atoms with Gasteiger partial charge >= 0.3 is 0 Å². The maximum Gasteiger partial charge on any atom is 0.0697 e. The van der Waals surface area contributed by atoms with Gasteiger partial charge in [0.25, 0.3) is 0 Å². The first-order chi connectivity index (χ1) is 7.31. The Hall–Kier alpha value is -0.120. The number of rotatable bonds is 5. The second-order valence-electron chi connectivity index (χ2n) is 3.98. The summed E-state index contributed by atoms with van der Waals surface area (Å²) < 4.78 is 4.97. The summed E-state index contributed by atoms with van der Waals surface area (Å²) in [5.41, 5.74) is 0. The van der Waals surface area contributed by atoms with Crippen LogP contribution in [0, 0.1) is 0 Å². The molecule has 0 unspecified atom stereocenters. The van der Waals surface area contributed by atoms with Crippen LogP contribution in [0.15, 0.2) is 0 Å². The maximum absolute atomic E-state index is 8.91. The maximum atomic E-state index is 8.91. The van der Waals surface area contributed by atoms with Crippen LogP contribution in [-0.4, -0.2) is 36.1 Å². The third-order valence-electron chi connectivity index (χ3n) is 2.45. The smallest absolute Gasteiger partial charge is 0.0697 e.